The average Bonchev–Trinajstić information content (AvgIpc) is 3.46. The van der Waals surface area contributed by atoms with Crippen molar-refractivity contribution in [3.8, 4) is 11.5 Å². The lowest BCUT2D eigenvalue weighted by Gasteiger charge is -2.34. The average molecular weight is 441 g/mol. The van der Waals surface area contributed by atoms with Crippen molar-refractivity contribution in [1.82, 2.24) is 10.2 Å². The van der Waals surface area contributed by atoms with Crippen LogP contribution in [0.15, 0.2) is 47.1 Å². The van der Waals surface area contributed by atoms with Gasteiger partial charge in [-0.3, -0.25) is 9.59 Å². The fourth-order valence-electron chi connectivity index (χ4n) is 4.75. The first-order valence-corrected chi connectivity index (χ1v) is 11.4. The minimum absolute atomic E-state index is 0.0534. The summed E-state index contributed by atoms with van der Waals surface area (Å²) in [4.78, 5) is 26.9. The molecule has 2 aromatic rings. The predicted molar refractivity (Wildman–Crippen MR) is 120 cm³/mol. The van der Waals surface area contributed by atoms with Gasteiger partial charge in [-0.05, 0) is 62.1 Å². The fraction of sp³-hybridized carbons (Fsp3) is 0.520. The van der Waals surface area contributed by atoms with Crippen LogP contribution in [0, 0.1) is 5.92 Å². The van der Waals surface area contributed by atoms with Gasteiger partial charge in [0.25, 0.3) is 0 Å². The summed E-state index contributed by atoms with van der Waals surface area (Å²) in [5, 5.41) is 3.12. The Hall–Kier alpha value is -2.96. The molecule has 32 heavy (non-hydrogen) atoms. The number of nitrogens with zero attached hydrogens (tertiary/aromatic N) is 1. The van der Waals surface area contributed by atoms with Crippen molar-refractivity contribution in [2.45, 2.75) is 50.5 Å². The van der Waals surface area contributed by atoms with Crippen molar-refractivity contribution >= 4 is 11.8 Å². The SMILES string of the molecule is COc1ccc(OCC2CCCN(C(=O)CCC3(Cc4ccco4)CCC(=O)N3)C2)cc1. The number of piperidine rings is 1. The number of hydrogen-bond donors (Lipinski definition) is 1. The highest BCUT2D eigenvalue weighted by molar-refractivity contribution is 5.80. The van der Waals surface area contributed by atoms with E-state index >= 15 is 0 Å². The van der Waals surface area contributed by atoms with Crippen molar-refractivity contribution in [3.63, 3.8) is 0 Å². The standard InChI is InChI=1S/C25H32N2O5/c1-30-20-6-8-21(9-7-20)32-18-19-4-2-14-27(17-19)24(29)11-13-25(12-10-23(28)26-25)16-22-5-3-15-31-22/h3,5-9,15,19H,2,4,10-14,16-18H2,1H3,(H,26,28). The fourth-order valence-corrected chi connectivity index (χ4v) is 4.75. The number of carbonyl (C=O) groups excluding carboxylic acids is 2. The second-order valence-electron chi connectivity index (χ2n) is 8.92. The van der Waals surface area contributed by atoms with Crippen molar-refractivity contribution in [1.29, 1.82) is 0 Å². The Morgan fingerprint density at radius 1 is 1.25 bits per heavy atom. The predicted octanol–water partition coefficient (Wildman–Crippen LogP) is 3.58. The molecule has 0 radical (unpaired) electrons. The Bertz CT molecular complexity index is 896. The number of carbonyl (C=O) groups is 2. The number of benzene rings is 1. The van der Waals surface area contributed by atoms with Crippen LogP contribution in [-0.2, 0) is 16.0 Å². The summed E-state index contributed by atoms with van der Waals surface area (Å²) in [6.07, 6.45) is 6.59. The van der Waals surface area contributed by atoms with E-state index in [1.54, 1.807) is 13.4 Å². The molecule has 0 aliphatic carbocycles. The number of furan rings is 1. The van der Waals surface area contributed by atoms with E-state index < -0.39 is 5.54 Å². The third-order valence-electron chi connectivity index (χ3n) is 6.56. The molecule has 1 N–H and O–H groups in total. The van der Waals surface area contributed by atoms with E-state index in [2.05, 4.69) is 5.32 Å². The van der Waals surface area contributed by atoms with Gasteiger partial charge in [0, 0.05) is 43.8 Å². The molecule has 2 aliphatic rings. The topological polar surface area (TPSA) is 81.0 Å². The smallest absolute Gasteiger partial charge is 0.222 e. The largest absolute Gasteiger partial charge is 0.497 e. The van der Waals surface area contributed by atoms with Crippen molar-refractivity contribution < 1.29 is 23.5 Å². The van der Waals surface area contributed by atoms with Crippen LogP contribution in [0.3, 0.4) is 0 Å². The zero-order chi connectivity index (χ0) is 22.4. The molecular formula is C25H32N2O5. The summed E-state index contributed by atoms with van der Waals surface area (Å²) in [7, 11) is 1.64. The molecule has 1 aromatic carbocycles. The van der Waals surface area contributed by atoms with E-state index in [9.17, 15) is 9.59 Å². The van der Waals surface area contributed by atoms with E-state index in [0.717, 1.165) is 43.1 Å². The summed E-state index contributed by atoms with van der Waals surface area (Å²) in [6, 6.07) is 11.3. The van der Waals surface area contributed by atoms with Gasteiger partial charge in [0.1, 0.15) is 17.3 Å². The number of rotatable bonds is 9. The lowest BCUT2D eigenvalue weighted by Crippen LogP contribution is -2.46. The first-order valence-electron chi connectivity index (χ1n) is 11.4. The molecule has 2 saturated heterocycles. The van der Waals surface area contributed by atoms with Crippen molar-refractivity contribution in [2.24, 2.45) is 5.92 Å². The molecule has 3 heterocycles. The van der Waals surface area contributed by atoms with E-state index in [0.29, 0.717) is 44.8 Å². The highest BCUT2D eigenvalue weighted by Crippen LogP contribution is 2.30. The summed E-state index contributed by atoms with van der Waals surface area (Å²) in [5.74, 6) is 2.98. The summed E-state index contributed by atoms with van der Waals surface area (Å²) in [5.41, 5.74) is -0.392. The van der Waals surface area contributed by atoms with Gasteiger partial charge in [-0.2, -0.15) is 0 Å². The van der Waals surface area contributed by atoms with Gasteiger partial charge in [-0.1, -0.05) is 0 Å². The highest BCUT2D eigenvalue weighted by Gasteiger charge is 2.39. The zero-order valence-electron chi connectivity index (χ0n) is 18.7. The number of nitrogens with one attached hydrogen (secondary N) is 1. The molecule has 7 nitrogen and oxygen atoms in total. The number of ether oxygens (including phenoxy) is 2. The Morgan fingerprint density at radius 2 is 2.06 bits per heavy atom. The second-order valence-corrected chi connectivity index (χ2v) is 8.92. The van der Waals surface area contributed by atoms with E-state index in [1.165, 1.54) is 0 Å². The minimum Gasteiger partial charge on any atom is -0.497 e. The summed E-state index contributed by atoms with van der Waals surface area (Å²) >= 11 is 0. The molecule has 172 valence electrons. The molecular weight excluding hydrogens is 408 g/mol. The van der Waals surface area contributed by atoms with E-state index in [4.69, 9.17) is 13.9 Å². The molecule has 2 unspecified atom stereocenters. The first kappa shape index (κ1) is 22.2. The van der Waals surface area contributed by atoms with Crippen LogP contribution in [0.25, 0.3) is 0 Å². The van der Waals surface area contributed by atoms with Crippen LogP contribution in [0.4, 0.5) is 0 Å². The highest BCUT2D eigenvalue weighted by atomic mass is 16.5. The van der Waals surface area contributed by atoms with Gasteiger partial charge in [0.2, 0.25) is 11.8 Å². The van der Waals surface area contributed by atoms with Gasteiger partial charge < -0.3 is 24.1 Å². The second kappa shape index (κ2) is 10.1. The summed E-state index contributed by atoms with van der Waals surface area (Å²) < 4.78 is 16.6. The normalized spacial score (nSPS) is 23.1. The lowest BCUT2D eigenvalue weighted by molar-refractivity contribution is -0.134. The van der Waals surface area contributed by atoms with Crippen LogP contribution < -0.4 is 14.8 Å². The molecule has 2 amide bonds. The Kier molecular flexibility index (Phi) is 7.02. The maximum Gasteiger partial charge on any atom is 0.222 e. The minimum atomic E-state index is -0.392. The molecule has 4 rings (SSSR count). The van der Waals surface area contributed by atoms with Gasteiger partial charge in [-0.25, -0.2) is 0 Å². The number of amides is 2. The van der Waals surface area contributed by atoms with Gasteiger partial charge in [0.05, 0.1) is 20.0 Å². The molecule has 0 saturated carbocycles. The number of methoxy groups -OCH3 is 1. The third kappa shape index (κ3) is 5.64. The first-order chi connectivity index (χ1) is 15.5. The van der Waals surface area contributed by atoms with Gasteiger partial charge >= 0.3 is 0 Å². The van der Waals surface area contributed by atoms with Crippen LogP contribution in [0.5, 0.6) is 11.5 Å². The quantitative estimate of drug-likeness (QED) is 0.645. The van der Waals surface area contributed by atoms with Gasteiger partial charge in [0.15, 0.2) is 0 Å². The van der Waals surface area contributed by atoms with Crippen LogP contribution in [-0.4, -0.2) is 49.1 Å². The molecule has 2 fully saturated rings. The third-order valence-corrected chi connectivity index (χ3v) is 6.56. The maximum atomic E-state index is 13.0. The van der Waals surface area contributed by atoms with Crippen LogP contribution in [0.2, 0.25) is 0 Å². The monoisotopic (exact) mass is 440 g/mol. The molecule has 2 aliphatic heterocycles. The molecule has 7 heteroatoms. The lowest BCUT2D eigenvalue weighted by atomic mass is 9.86. The zero-order valence-corrected chi connectivity index (χ0v) is 18.7. The maximum absolute atomic E-state index is 13.0. The molecule has 2 atom stereocenters. The Balaban J connectivity index is 1.28. The number of hydrogen-bond acceptors (Lipinski definition) is 5. The van der Waals surface area contributed by atoms with Gasteiger partial charge in [-0.15, -0.1) is 0 Å². The van der Waals surface area contributed by atoms with Crippen LogP contribution >= 0.6 is 0 Å². The van der Waals surface area contributed by atoms with Crippen molar-refractivity contribution in [3.05, 3.63) is 48.4 Å². The molecule has 1 aromatic heterocycles. The Morgan fingerprint density at radius 3 is 2.75 bits per heavy atom. The summed E-state index contributed by atoms with van der Waals surface area (Å²) in [6.45, 7) is 2.09. The number of likely N-dealkylation sites (tertiary alicyclic amines) is 1. The van der Waals surface area contributed by atoms with E-state index in [1.807, 2.05) is 41.3 Å². The van der Waals surface area contributed by atoms with Crippen LogP contribution in [0.1, 0.15) is 44.3 Å². The molecule has 0 spiro atoms. The molecule has 0 bridgehead atoms. The van der Waals surface area contributed by atoms with E-state index in [-0.39, 0.29) is 11.8 Å². The Labute approximate surface area is 189 Å². The van der Waals surface area contributed by atoms with Crippen molar-refractivity contribution in [2.75, 3.05) is 26.8 Å².